The molecule has 0 radical (unpaired) electrons. The Hall–Kier alpha value is -0.430. The molecule has 0 aliphatic carbocycles. The molecule has 0 bridgehead atoms. The maximum absolute atomic E-state index is 2.26. The molecule has 1 aromatic rings. The molecular weight excluding hydrogens is 152 g/mol. The minimum absolute atomic E-state index is 0.734. The highest BCUT2D eigenvalue weighted by atomic mass is 32.2. The third-order valence-electron chi connectivity index (χ3n) is 1.66. The quantitative estimate of drug-likeness (QED) is 0.618. The van der Waals surface area contributed by atoms with Crippen LogP contribution in [0.4, 0.5) is 0 Å². The van der Waals surface area contributed by atoms with Gasteiger partial charge in [0.1, 0.15) is 0 Å². The summed E-state index contributed by atoms with van der Waals surface area (Å²) in [5.41, 5.74) is 0. The number of benzene rings is 1. The van der Waals surface area contributed by atoms with Gasteiger partial charge in [0.05, 0.1) is 0 Å². The second-order valence-corrected chi connectivity index (χ2v) is 4.16. The predicted molar refractivity (Wildman–Crippen MR) is 52.1 cm³/mol. The van der Waals surface area contributed by atoms with Crippen LogP contribution in [0.25, 0.3) is 0 Å². The van der Waals surface area contributed by atoms with E-state index in [1.54, 1.807) is 0 Å². The second-order valence-electron chi connectivity index (χ2n) is 2.65. The Bertz CT molecular complexity index is 193. The molecule has 1 unspecified atom stereocenters. The molecule has 0 spiro atoms. The highest BCUT2D eigenvalue weighted by molar-refractivity contribution is 7.99. The molecule has 0 aliphatic rings. The zero-order valence-corrected chi connectivity index (χ0v) is 7.90. The number of hydrogen-bond acceptors (Lipinski definition) is 1. The summed E-state index contributed by atoms with van der Waals surface area (Å²) in [6.07, 6.45) is 1.24. The van der Waals surface area contributed by atoms with Crippen molar-refractivity contribution in [1.82, 2.24) is 0 Å². The topological polar surface area (TPSA) is 0 Å². The normalized spacial score (nSPS) is 12.9. The molecule has 0 heterocycles. The molecule has 1 heteroatoms. The number of rotatable bonds is 3. The van der Waals surface area contributed by atoms with Gasteiger partial charge in [-0.05, 0) is 18.6 Å². The van der Waals surface area contributed by atoms with Gasteiger partial charge in [0.15, 0.2) is 0 Å². The van der Waals surface area contributed by atoms with Crippen LogP contribution in [0.2, 0.25) is 0 Å². The zero-order valence-electron chi connectivity index (χ0n) is 7.08. The standard InChI is InChI=1S/C10H14S/c1-3-9(2)11-10-7-5-4-6-8-10/h4-9H,3H2,1-2H3. The van der Waals surface area contributed by atoms with E-state index in [9.17, 15) is 0 Å². The van der Waals surface area contributed by atoms with Crippen molar-refractivity contribution >= 4 is 11.8 Å². The van der Waals surface area contributed by atoms with Gasteiger partial charge < -0.3 is 0 Å². The Balaban J connectivity index is 2.51. The maximum atomic E-state index is 2.26. The van der Waals surface area contributed by atoms with E-state index in [0.717, 1.165) is 5.25 Å². The van der Waals surface area contributed by atoms with Gasteiger partial charge in [-0.3, -0.25) is 0 Å². The van der Waals surface area contributed by atoms with Gasteiger partial charge in [0, 0.05) is 10.1 Å². The third kappa shape index (κ3) is 2.98. The van der Waals surface area contributed by atoms with E-state index in [1.165, 1.54) is 11.3 Å². The molecule has 60 valence electrons. The lowest BCUT2D eigenvalue weighted by Crippen LogP contribution is -1.90. The summed E-state index contributed by atoms with van der Waals surface area (Å²) in [5.74, 6) is 0. The van der Waals surface area contributed by atoms with Gasteiger partial charge in [0.25, 0.3) is 0 Å². The van der Waals surface area contributed by atoms with Crippen LogP contribution in [0, 0.1) is 0 Å². The summed E-state index contributed by atoms with van der Waals surface area (Å²) >= 11 is 1.94. The summed E-state index contributed by atoms with van der Waals surface area (Å²) in [5, 5.41) is 0.734. The van der Waals surface area contributed by atoms with Gasteiger partial charge >= 0.3 is 0 Å². The molecule has 0 fully saturated rings. The Morgan fingerprint density at radius 2 is 1.91 bits per heavy atom. The Morgan fingerprint density at radius 3 is 2.45 bits per heavy atom. The van der Waals surface area contributed by atoms with Crippen molar-refractivity contribution in [3.05, 3.63) is 30.3 Å². The average molecular weight is 166 g/mol. The molecule has 1 atom stereocenters. The van der Waals surface area contributed by atoms with E-state index >= 15 is 0 Å². The van der Waals surface area contributed by atoms with Gasteiger partial charge in [0.2, 0.25) is 0 Å². The van der Waals surface area contributed by atoms with Gasteiger partial charge in [-0.15, -0.1) is 11.8 Å². The first-order valence-corrected chi connectivity index (χ1v) is 4.92. The Morgan fingerprint density at radius 1 is 1.27 bits per heavy atom. The van der Waals surface area contributed by atoms with E-state index in [2.05, 4.69) is 44.2 Å². The summed E-state index contributed by atoms with van der Waals surface area (Å²) in [6.45, 7) is 4.48. The van der Waals surface area contributed by atoms with Crippen molar-refractivity contribution in [3.63, 3.8) is 0 Å². The first-order chi connectivity index (χ1) is 5.33. The van der Waals surface area contributed by atoms with Crippen LogP contribution in [0.1, 0.15) is 20.3 Å². The maximum Gasteiger partial charge on any atom is 0.00746 e. The molecule has 11 heavy (non-hydrogen) atoms. The van der Waals surface area contributed by atoms with Gasteiger partial charge in [-0.2, -0.15) is 0 Å². The first kappa shape index (κ1) is 8.66. The summed E-state index contributed by atoms with van der Waals surface area (Å²) < 4.78 is 0. The minimum atomic E-state index is 0.734. The fraction of sp³-hybridized carbons (Fsp3) is 0.400. The van der Waals surface area contributed by atoms with Crippen LogP contribution in [-0.2, 0) is 0 Å². The van der Waals surface area contributed by atoms with Crippen LogP contribution in [0.15, 0.2) is 35.2 Å². The number of hydrogen-bond donors (Lipinski definition) is 0. The lowest BCUT2D eigenvalue weighted by molar-refractivity contribution is 0.905. The smallest absolute Gasteiger partial charge is 0.00746 e. The van der Waals surface area contributed by atoms with Crippen molar-refractivity contribution in [3.8, 4) is 0 Å². The Kier molecular flexibility index (Phi) is 3.50. The first-order valence-electron chi connectivity index (χ1n) is 4.04. The van der Waals surface area contributed by atoms with Crippen LogP contribution in [-0.4, -0.2) is 5.25 Å². The SMILES string of the molecule is CCC(C)Sc1ccccc1. The van der Waals surface area contributed by atoms with E-state index in [4.69, 9.17) is 0 Å². The van der Waals surface area contributed by atoms with Gasteiger partial charge in [-0.25, -0.2) is 0 Å². The molecule has 0 nitrogen and oxygen atoms in total. The molecule has 1 aromatic carbocycles. The summed E-state index contributed by atoms with van der Waals surface area (Å²) in [4.78, 5) is 1.38. The van der Waals surface area contributed by atoms with Crippen LogP contribution >= 0.6 is 11.8 Å². The Labute approximate surface area is 73.0 Å². The van der Waals surface area contributed by atoms with Crippen molar-refractivity contribution in [1.29, 1.82) is 0 Å². The molecule has 0 aliphatic heterocycles. The predicted octanol–water partition coefficient (Wildman–Crippen LogP) is 3.58. The van der Waals surface area contributed by atoms with Crippen molar-refractivity contribution in [2.75, 3.05) is 0 Å². The largest absolute Gasteiger partial charge is 0.123 e. The van der Waals surface area contributed by atoms with Crippen molar-refractivity contribution < 1.29 is 0 Å². The summed E-state index contributed by atoms with van der Waals surface area (Å²) in [7, 11) is 0. The molecule has 0 saturated heterocycles. The fourth-order valence-corrected chi connectivity index (χ4v) is 1.76. The fourth-order valence-electron chi connectivity index (χ4n) is 0.815. The molecule has 0 amide bonds. The molecule has 0 N–H and O–H groups in total. The van der Waals surface area contributed by atoms with Crippen molar-refractivity contribution in [2.45, 2.75) is 30.4 Å². The van der Waals surface area contributed by atoms with Gasteiger partial charge in [-0.1, -0.05) is 32.0 Å². The average Bonchev–Trinajstić information content (AvgIpc) is 2.06. The van der Waals surface area contributed by atoms with Crippen LogP contribution in [0.3, 0.4) is 0 Å². The van der Waals surface area contributed by atoms with E-state index in [0.29, 0.717) is 0 Å². The van der Waals surface area contributed by atoms with Crippen LogP contribution < -0.4 is 0 Å². The molecule has 0 saturated carbocycles. The second kappa shape index (κ2) is 4.45. The third-order valence-corrected chi connectivity index (χ3v) is 2.94. The zero-order chi connectivity index (χ0) is 8.10. The minimum Gasteiger partial charge on any atom is -0.123 e. The van der Waals surface area contributed by atoms with Crippen LogP contribution in [0.5, 0.6) is 0 Å². The highest BCUT2D eigenvalue weighted by Crippen LogP contribution is 2.23. The molecule has 0 aromatic heterocycles. The van der Waals surface area contributed by atoms with E-state index in [-0.39, 0.29) is 0 Å². The van der Waals surface area contributed by atoms with E-state index in [1.807, 2.05) is 11.8 Å². The monoisotopic (exact) mass is 166 g/mol. The van der Waals surface area contributed by atoms with Crippen molar-refractivity contribution in [2.24, 2.45) is 0 Å². The summed E-state index contributed by atoms with van der Waals surface area (Å²) in [6, 6.07) is 10.6. The molecule has 1 rings (SSSR count). The molecular formula is C10H14S. The van der Waals surface area contributed by atoms with E-state index < -0.39 is 0 Å². The highest BCUT2D eigenvalue weighted by Gasteiger charge is 1.99. The lowest BCUT2D eigenvalue weighted by atomic mass is 10.4. The number of thioether (sulfide) groups is 1. The lowest BCUT2D eigenvalue weighted by Gasteiger charge is -2.06.